The Morgan fingerprint density at radius 2 is 2.00 bits per heavy atom. The number of hydrogen-bond acceptors (Lipinski definition) is 5. The summed E-state index contributed by atoms with van der Waals surface area (Å²) < 4.78 is 34.5. The Morgan fingerprint density at radius 3 is 2.67 bits per heavy atom. The maximum Gasteiger partial charge on any atom is 0.262 e. The van der Waals surface area contributed by atoms with Crippen molar-refractivity contribution in [1.82, 2.24) is 0 Å². The molecular formula is C11H9ClO4S2. The Morgan fingerprint density at radius 1 is 1.28 bits per heavy atom. The molecule has 2 aromatic rings. The highest BCUT2D eigenvalue weighted by molar-refractivity contribution is 8.14. The van der Waals surface area contributed by atoms with Crippen molar-refractivity contribution in [1.29, 1.82) is 0 Å². The third kappa shape index (κ3) is 2.15. The molecule has 1 aromatic heterocycles. The molecule has 0 saturated carbocycles. The van der Waals surface area contributed by atoms with Gasteiger partial charge >= 0.3 is 0 Å². The topological polar surface area (TPSA) is 52.6 Å². The van der Waals surface area contributed by atoms with Gasteiger partial charge < -0.3 is 9.47 Å². The second-order valence-electron chi connectivity index (χ2n) is 3.87. The van der Waals surface area contributed by atoms with E-state index in [9.17, 15) is 8.42 Å². The molecular weight excluding hydrogens is 296 g/mol. The molecule has 0 amide bonds. The third-order valence-electron chi connectivity index (χ3n) is 2.72. The molecule has 1 aliphatic heterocycles. The van der Waals surface area contributed by atoms with Crippen LogP contribution in [0.4, 0.5) is 0 Å². The number of rotatable bonds is 2. The minimum absolute atomic E-state index is 0.143. The monoisotopic (exact) mass is 304 g/mol. The molecule has 0 bridgehead atoms. The van der Waals surface area contributed by atoms with E-state index in [1.54, 1.807) is 11.4 Å². The van der Waals surface area contributed by atoms with Crippen LogP contribution in [0.5, 0.6) is 0 Å². The summed E-state index contributed by atoms with van der Waals surface area (Å²) >= 11 is 1.35. The predicted octanol–water partition coefficient (Wildman–Crippen LogP) is 2.87. The Kier molecular flexibility index (Phi) is 3.07. The molecule has 0 N–H and O–H groups in total. The van der Waals surface area contributed by atoms with Gasteiger partial charge in [-0.2, -0.15) is 0 Å². The van der Waals surface area contributed by atoms with E-state index < -0.39 is 15.3 Å². The van der Waals surface area contributed by atoms with E-state index in [0.29, 0.717) is 18.6 Å². The lowest BCUT2D eigenvalue weighted by molar-refractivity contribution is -0.0440. The third-order valence-corrected chi connectivity index (χ3v) is 5.19. The fraction of sp³-hybridized carbons (Fsp3) is 0.273. The van der Waals surface area contributed by atoms with E-state index in [2.05, 4.69) is 0 Å². The number of hydrogen-bond donors (Lipinski definition) is 0. The zero-order valence-electron chi connectivity index (χ0n) is 9.13. The summed E-state index contributed by atoms with van der Waals surface area (Å²) in [5.74, 6) is 0. The summed E-state index contributed by atoms with van der Waals surface area (Å²) in [7, 11) is 1.68. The van der Waals surface area contributed by atoms with Crippen LogP contribution in [0.15, 0.2) is 28.5 Å². The van der Waals surface area contributed by atoms with E-state index >= 15 is 0 Å². The van der Waals surface area contributed by atoms with Gasteiger partial charge in [-0.1, -0.05) is 6.07 Å². The fourth-order valence-electron chi connectivity index (χ4n) is 1.91. The highest BCUT2D eigenvalue weighted by Gasteiger charge is 2.21. The molecule has 7 heteroatoms. The van der Waals surface area contributed by atoms with Crippen LogP contribution in [0.3, 0.4) is 0 Å². The molecule has 0 radical (unpaired) electrons. The maximum atomic E-state index is 11.5. The molecule has 96 valence electrons. The van der Waals surface area contributed by atoms with Crippen LogP contribution < -0.4 is 0 Å². The largest absolute Gasteiger partial charge is 0.346 e. The Bertz CT molecular complexity index is 686. The van der Waals surface area contributed by atoms with Crippen molar-refractivity contribution in [2.24, 2.45) is 0 Å². The molecule has 18 heavy (non-hydrogen) atoms. The number of fused-ring (bicyclic) bond motifs is 1. The number of ether oxygens (including phenoxy) is 2. The van der Waals surface area contributed by atoms with Crippen molar-refractivity contribution in [3.63, 3.8) is 0 Å². The van der Waals surface area contributed by atoms with Gasteiger partial charge in [0.25, 0.3) is 9.05 Å². The van der Waals surface area contributed by atoms with E-state index in [4.69, 9.17) is 20.2 Å². The Labute approximate surface area is 113 Å². The fourth-order valence-corrected chi connectivity index (χ4v) is 4.39. The van der Waals surface area contributed by atoms with Crippen molar-refractivity contribution in [2.45, 2.75) is 11.2 Å². The quantitative estimate of drug-likeness (QED) is 0.801. The van der Waals surface area contributed by atoms with Crippen LogP contribution in [0.25, 0.3) is 10.1 Å². The summed E-state index contributed by atoms with van der Waals surface area (Å²) in [5.41, 5.74) is 0.806. The van der Waals surface area contributed by atoms with Crippen molar-refractivity contribution >= 4 is 41.2 Å². The van der Waals surface area contributed by atoms with Crippen molar-refractivity contribution < 1.29 is 17.9 Å². The Hall–Kier alpha value is -0.660. The molecule has 3 rings (SSSR count). The summed E-state index contributed by atoms with van der Waals surface area (Å²) in [5, 5.41) is 2.17. The zero-order chi connectivity index (χ0) is 12.8. The zero-order valence-corrected chi connectivity index (χ0v) is 11.5. The highest BCUT2D eigenvalue weighted by atomic mass is 35.7. The van der Waals surface area contributed by atoms with E-state index in [-0.39, 0.29) is 4.90 Å². The molecule has 1 aromatic carbocycles. The van der Waals surface area contributed by atoms with Gasteiger partial charge in [0.05, 0.1) is 13.2 Å². The highest BCUT2D eigenvalue weighted by Crippen LogP contribution is 2.34. The number of thiophene rings is 1. The Balaban J connectivity index is 2.15. The van der Waals surface area contributed by atoms with Gasteiger partial charge in [-0.25, -0.2) is 8.42 Å². The number of halogens is 1. The second-order valence-corrected chi connectivity index (χ2v) is 7.31. The minimum Gasteiger partial charge on any atom is -0.346 e. The molecule has 0 unspecified atom stereocenters. The first-order valence-corrected chi connectivity index (χ1v) is 8.43. The van der Waals surface area contributed by atoms with Gasteiger partial charge in [-0.05, 0) is 12.1 Å². The second kappa shape index (κ2) is 4.47. The van der Waals surface area contributed by atoms with Gasteiger partial charge in [0.1, 0.15) is 4.90 Å². The van der Waals surface area contributed by atoms with Crippen LogP contribution in [0.1, 0.15) is 11.9 Å². The lowest BCUT2D eigenvalue weighted by Gasteiger charge is -2.09. The van der Waals surface area contributed by atoms with Crippen molar-refractivity contribution in [3.05, 3.63) is 29.1 Å². The molecule has 1 fully saturated rings. The SMILES string of the molecule is O=S(=O)(Cl)c1csc2ccc(C3OCCO3)cc12. The molecule has 2 heterocycles. The van der Waals surface area contributed by atoms with Crippen LogP contribution in [-0.2, 0) is 18.5 Å². The van der Waals surface area contributed by atoms with Crippen LogP contribution in [-0.4, -0.2) is 21.6 Å². The average Bonchev–Trinajstić information content (AvgIpc) is 2.96. The van der Waals surface area contributed by atoms with Gasteiger partial charge in [0, 0.05) is 31.7 Å². The van der Waals surface area contributed by atoms with Crippen molar-refractivity contribution in [2.75, 3.05) is 13.2 Å². The van der Waals surface area contributed by atoms with Crippen molar-refractivity contribution in [3.8, 4) is 0 Å². The molecule has 4 nitrogen and oxygen atoms in total. The summed E-state index contributed by atoms with van der Waals surface area (Å²) in [6.07, 6.45) is -0.417. The van der Waals surface area contributed by atoms with Crippen LogP contribution in [0.2, 0.25) is 0 Å². The smallest absolute Gasteiger partial charge is 0.262 e. The maximum absolute atomic E-state index is 11.5. The van der Waals surface area contributed by atoms with E-state index in [1.807, 2.05) is 12.1 Å². The molecule has 1 saturated heterocycles. The summed E-state index contributed by atoms with van der Waals surface area (Å²) in [4.78, 5) is 0.143. The molecule has 0 spiro atoms. The van der Waals surface area contributed by atoms with Crippen LogP contribution >= 0.6 is 22.0 Å². The van der Waals surface area contributed by atoms with Gasteiger partial charge in [-0.3, -0.25) is 0 Å². The first-order valence-electron chi connectivity index (χ1n) is 5.25. The summed E-state index contributed by atoms with van der Waals surface area (Å²) in [6.45, 7) is 1.10. The lowest BCUT2D eigenvalue weighted by Crippen LogP contribution is -1.97. The van der Waals surface area contributed by atoms with E-state index in [0.717, 1.165) is 10.3 Å². The summed E-state index contributed by atoms with van der Waals surface area (Å²) in [6, 6.07) is 5.49. The minimum atomic E-state index is -3.73. The standard InChI is InChI=1S/C11H9ClO4S2/c12-18(13,14)10-6-17-9-2-1-7(5-8(9)10)11-15-3-4-16-11/h1-2,5-6,11H,3-4H2. The number of benzene rings is 1. The van der Waals surface area contributed by atoms with Crippen LogP contribution in [0, 0.1) is 0 Å². The van der Waals surface area contributed by atoms with Gasteiger partial charge in [0.2, 0.25) is 0 Å². The van der Waals surface area contributed by atoms with Gasteiger partial charge in [0.15, 0.2) is 6.29 Å². The normalized spacial score (nSPS) is 17.6. The molecule has 1 aliphatic rings. The van der Waals surface area contributed by atoms with E-state index in [1.165, 1.54) is 11.3 Å². The average molecular weight is 305 g/mol. The molecule has 0 aliphatic carbocycles. The van der Waals surface area contributed by atoms with Gasteiger partial charge in [-0.15, -0.1) is 11.3 Å². The lowest BCUT2D eigenvalue weighted by atomic mass is 10.1. The first kappa shape index (κ1) is 12.4. The molecule has 0 atom stereocenters. The first-order chi connectivity index (χ1) is 8.55. The predicted molar refractivity (Wildman–Crippen MR) is 69.5 cm³/mol.